The lowest BCUT2D eigenvalue weighted by Crippen LogP contribution is -2.39. The van der Waals surface area contributed by atoms with Crippen LogP contribution in [0.15, 0.2) is 24.4 Å². The molecule has 2 aromatic rings. The van der Waals surface area contributed by atoms with E-state index in [1.54, 1.807) is 4.72 Å². The van der Waals surface area contributed by atoms with Crippen molar-refractivity contribution in [2.24, 2.45) is 0 Å². The van der Waals surface area contributed by atoms with Crippen molar-refractivity contribution in [3.63, 3.8) is 0 Å². The Balaban J connectivity index is 2.09. The number of nitrogens with one attached hydrogen (secondary N) is 1. The highest BCUT2D eigenvalue weighted by Gasteiger charge is 2.42. The normalized spacial score (nSPS) is 12.2. The molecule has 0 unspecified atom stereocenters. The molecule has 0 spiro atoms. The number of benzene rings is 1. The summed E-state index contributed by atoms with van der Waals surface area (Å²) < 4.78 is 100. The van der Waals surface area contributed by atoms with Gasteiger partial charge in [-0.1, -0.05) is 23.2 Å². The first-order chi connectivity index (χ1) is 15.6. The lowest BCUT2D eigenvalue weighted by atomic mass is 10.1. The molecule has 8 nitrogen and oxygen atoms in total. The Labute approximate surface area is 200 Å². The van der Waals surface area contributed by atoms with E-state index in [9.17, 15) is 35.2 Å². The first kappa shape index (κ1) is 27.8. The van der Waals surface area contributed by atoms with Gasteiger partial charge in [-0.3, -0.25) is 4.79 Å². The molecule has 1 amide bonds. The third-order valence-electron chi connectivity index (χ3n) is 3.98. The minimum atomic E-state index is -4.40. The first-order valence-electron chi connectivity index (χ1n) is 8.93. The van der Waals surface area contributed by atoms with Crippen LogP contribution in [0.1, 0.15) is 15.9 Å². The third-order valence-corrected chi connectivity index (χ3v) is 6.01. The average molecular weight is 552 g/mol. The van der Waals surface area contributed by atoms with Gasteiger partial charge in [-0.15, -0.1) is 0 Å². The number of ether oxygens (including phenoxy) is 2. The Kier molecular flexibility index (Phi) is 8.91. The van der Waals surface area contributed by atoms with Gasteiger partial charge in [-0.2, -0.15) is 21.5 Å². The number of nitrogens with zero attached hydrogens (tertiary/aromatic N) is 2. The summed E-state index contributed by atoms with van der Waals surface area (Å²) in [4.78, 5) is 15.7. The van der Waals surface area contributed by atoms with Crippen LogP contribution in [-0.2, 0) is 16.8 Å². The maximum atomic E-state index is 14.4. The van der Waals surface area contributed by atoms with Gasteiger partial charge in [0.15, 0.2) is 6.61 Å². The molecule has 0 aliphatic rings. The lowest BCUT2D eigenvalue weighted by molar-refractivity contribution is -0.148. The van der Waals surface area contributed by atoms with Crippen LogP contribution in [0.25, 0.3) is 0 Å². The highest BCUT2D eigenvalue weighted by atomic mass is 35.5. The molecule has 1 aromatic carbocycles. The summed E-state index contributed by atoms with van der Waals surface area (Å²) >= 11 is 11.9. The molecule has 0 atom stereocenters. The van der Waals surface area contributed by atoms with Gasteiger partial charge in [-0.05, 0) is 12.1 Å². The van der Waals surface area contributed by atoms with E-state index in [2.05, 4.69) is 9.72 Å². The van der Waals surface area contributed by atoms with Crippen LogP contribution in [0, 0.1) is 5.82 Å². The lowest BCUT2D eigenvalue weighted by Gasteiger charge is -2.16. The highest BCUT2D eigenvalue weighted by molar-refractivity contribution is 7.87. The molecule has 1 N–H and O–H groups in total. The Morgan fingerprint density at radius 1 is 1.18 bits per heavy atom. The van der Waals surface area contributed by atoms with Crippen LogP contribution in [-0.4, -0.2) is 56.7 Å². The molecule has 0 radical (unpaired) electrons. The van der Waals surface area contributed by atoms with Crippen molar-refractivity contribution in [3.05, 3.63) is 51.4 Å². The van der Waals surface area contributed by atoms with E-state index in [0.29, 0.717) is 4.31 Å². The molecule has 0 bridgehead atoms. The molecule has 0 fully saturated rings. The van der Waals surface area contributed by atoms with Crippen molar-refractivity contribution in [3.8, 4) is 11.6 Å². The minimum absolute atomic E-state index is 0.0339. The molecule has 0 aliphatic carbocycles. The number of alkyl halides is 4. The molecule has 2 rings (SSSR count). The number of carbonyl (C=O) groups excluding carboxylic acids is 1. The van der Waals surface area contributed by atoms with Gasteiger partial charge in [0.25, 0.3) is 5.91 Å². The highest BCUT2D eigenvalue weighted by Crippen LogP contribution is 2.30. The molecular formula is C18H16Cl2F5N3O5S. The maximum Gasteiger partial charge on any atom is 0.340 e. The molecular weight excluding hydrogens is 536 g/mol. The largest absolute Gasteiger partial charge is 0.487 e. The summed E-state index contributed by atoms with van der Waals surface area (Å²) in [6.07, 6.45) is -2.95. The van der Waals surface area contributed by atoms with Crippen LogP contribution in [0.2, 0.25) is 10.0 Å². The smallest absolute Gasteiger partial charge is 0.340 e. The number of halogens is 7. The topological polar surface area (TPSA) is 97.8 Å². The monoisotopic (exact) mass is 551 g/mol. The average Bonchev–Trinajstić information content (AvgIpc) is 2.72. The molecule has 0 saturated heterocycles. The van der Waals surface area contributed by atoms with E-state index in [1.165, 1.54) is 0 Å². The summed E-state index contributed by atoms with van der Waals surface area (Å²) in [5.41, 5.74) is -0.579. The number of amides is 1. The quantitative estimate of drug-likeness (QED) is 0.449. The SMILES string of the molecule is CN(C)S(=O)(=O)NC(=O)c1cc(Cl)c(COc2cnc(OCC(F)(F)C(F)F)c(Cl)c2)cc1F. The maximum absolute atomic E-state index is 14.4. The number of hydrogen-bond donors (Lipinski definition) is 1. The van der Waals surface area contributed by atoms with Crippen LogP contribution >= 0.6 is 23.2 Å². The molecule has 34 heavy (non-hydrogen) atoms. The second kappa shape index (κ2) is 10.9. The van der Waals surface area contributed by atoms with Crippen LogP contribution in [0.3, 0.4) is 0 Å². The summed E-state index contributed by atoms with van der Waals surface area (Å²) in [6.45, 7) is -2.02. The van der Waals surface area contributed by atoms with Gasteiger partial charge in [0.2, 0.25) is 5.88 Å². The predicted molar refractivity (Wildman–Crippen MR) is 112 cm³/mol. The Bertz CT molecular complexity index is 1170. The summed E-state index contributed by atoms with van der Waals surface area (Å²) in [5.74, 6) is -7.31. The number of rotatable bonds is 10. The van der Waals surface area contributed by atoms with E-state index in [4.69, 9.17) is 27.9 Å². The standard InChI is InChI=1S/C18H16Cl2F5N3O5S/c1-28(2)34(30,31)27-15(29)11-5-12(19)9(3-14(11)21)7-32-10-4-13(20)16(26-6-10)33-8-18(24,25)17(22)23/h3-6,17H,7-8H2,1-2H3,(H,27,29). The molecule has 0 aliphatic heterocycles. The zero-order valence-corrected chi connectivity index (χ0v) is 19.6. The second-order valence-electron chi connectivity index (χ2n) is 6.74. The van der Waals surface area contributed by atoms with Crippen molar-refractivity contribution in [1.82, 2.24) is 14.0 Å². The molecule has 1 aromatic heterocycles. The summed E-state index contributed by atoms with van der Waals surface area (Å²) in [5, 5.41) is -0.462. The van der Waals surface area contributed by atoms with E-state index in [-0.39, 0.29) is 28.0 Å². The zero-order chi connectivity index (χ0) is 25.8. The van der Waals surface area contributed by atoms with Gasteiger partial charge in [0, 0.05) is 30.7 Å². The number of hydrogen-bond acceptors (Lipinski definition) is 6. The Hall–Kier alpha value is -2.42. The zero-order valence-electron chi connectivity index (χ0n) is 17.3. The third kappa shape index (κ3) is 7.04. The summed E-state index contributed by atoms with van der Waals surface area (Å²) in [6, 6.07) is 2.84. The van der Waals surface area contributed by atoms with Gasteiger partial charge < -0.3 is 9.47 Å². The molecule has 16 heteroatoms. The predicted octanol–water partition coefficient (Wildman–Crippen LogP) is 3.92. The van der Waals surface area contributed by atoms with Crippen LogP contribution in [0.5, 0.6) is 11.6 Å². The fourth-order valence-corrected chi connectivity index (χ4v) is 3.07. The van der Waals surface area contributed by atoms with Crippen molar-refractivity contribution in [1.29, 1.82) is 0 Å². The van der Waals surface area contributed by atoms with E-state index >= 15 is 0 Å². The Morgan fingerprint density at radius 2 is 1.82 bits per heavy atom. The fourth-order valence-electron chi connectivity index (χ4n) is 2.12. The van der Waals surface area contributed by atoms with Crippen molar-refractivity contribution in [2.45, 2.75) is 19.0 Å². The fraction of sp³-hybridized carbons (Fsp3) is 0.333. The van der Waals surface area contributed by atoms with Gasteiger partial charge in [0.05, 0.1) is 11.8 Å². The van der Waals surface area contributed by atoms with Crippen LogP contribution in [0.4, 0.5) is 22.0 Å². The number of aromatic nitrogens is 1. The first-order valence-corrected chi connectivity index (χ1v) is 11.1. The van der Waals surface area contributed by atoms with E-state index in [1.807, 2.05) is 0 Å². The van der Waals surface area contributed by atoms with Crippen molar-refractivity contribution in [2.75, 3.05) is 20.7 Å². The number of carbonyl (C=O) groups is 1. The van der Waals surface area contributed by atoms with E-state index < -0.39 is 52.3 Å². The Morgan fingerprint density at radius 3 is 2.38 bits per heavy atom. The number of pyridine rings is 1. The second-order valence-corrected chi connectivity index (χ2v) is 9.44. The van der Waals surface area contributed by atoms with Crippen molar-refractivity contribution >= 4 is 39.3 Å². The minimum Gasteiger partial charge on any atom is -0.487 e. The molecule has 188 valence electrons. The van der Waals surface area contributed by atoms with Crippen LogP contribution < -0.4 is 14.2 Å². The summed E-state index contributed by atoms with van der Waals surface area (Å²) in [7, 11) is -1.84. The van der Waals surface area contributed by atoms with Gasteiger partial charge in [0.1, 0.15) is 23.2 Å². The van der Waals surface area contributed by atoms with E-state index in [0.717, 1.165) is 38.5 Å². The van der Waals surface area contributed by atoms with Gasteiger partial charge in [-0.25, -0.2) is 22.9 Å². The van der Waals surface area contributed by atoms with Crippen molar-refractivity contribution < 1.29 is 44.6 Å². The molecule has 0 saturated carbocycles. The molecule has 1 heterocycles. The van der Waals surface area contributed by atoms with Gasteiger partial charge >= 0.3 is 22.6 Å².